The number of fused-ring (bicyclic) bond motifs is 1. The molecule has 0 unspecified atom stereocenters. The molecule has 0 spiro atoms. The molecule has 0 aliphatic rings. The number of nitrogens with one attached hydrogen (secondary N) is 1. The molecule has 0 aliphatic carbocycles. The average Bonchev–Trinajstić information content (AvgIpc) is 2.92. The van der Waals surface area contributed by atoms with Crippen LogP contribution in [0.25, 0.3) is 33.2 Å². The van der Waals surface area contributed by atoms with Crippen LogP contribution in [0.1, 0.15) is 11.1 Å². The molecule has 0 amide bonds. The highest BCUT2D eigenvalue weighted by molar-refractivity contribution is 7.92. The van der Waals surface area contributed by atoms with Crippen molar-refractivity contribution in [1.82, 2.24) is 15.0 Å². The fraction of sp³-hybridized carbons (Fsp3) is 0.0714. The summed E-state index contributed by atoms with van der Waals surface area (Å²) in [7, 11) is -2.30. The number of nitrogens with zero attached hydrogens (tertiary/aromatic N) is 4. The molecule has 2 heterocycles. The van der Waals surface area contributed by atoms with E-state index in [2.05, 4.69) is 25.7 Å². The molecule has 0 bridgehead atoms. The van der Waals surface area contributed by atoms with Crippen molar-refractivity contribution in [3.63, 3.8) is 0 Å². The van der Waals surface area contributed by atoms with E-state index in [1.807, 2.05) is 37.3 Å². The fourth-order valence-electron chi connectivity index (χ4n) is 4.21. The van der Waals surface area contributed by atoms with Gasteiger partial charge in [-0.3, -0.25) is 9.71 Å². The smallest absolute Gasteiger partial charge is 0.263 e. The van der Waals surface area contributed by atoms with Gasteiger partial charge >= 0.3 is 0 Å². The highest BCUT2D eigenvalue weighted by Gasteiger charge is 2.20. The van der Waals surface area contributed by atoms with Crippen LogP contribution in [0.5, 0.6) is 5.75 Å². The number of rotatable bonds is 6. The van der Waals surface area contributed by atoms with Gasteiger partial charge in [0.1, 0.15) is 17.9 Å². The summed E-state index contributed by atoms with van der Waals surface area (Å²) in [6.07, 6.45) is 4.33. The number of ether oxygens (including phenoxy) is 1. The van der Waals surface area contributed by atoms with E-state index in [9.17, 15) is 13.7 Å². The van der Waals surface area contributed by atoms with Gasteiger partial charge in [0.15, 0.2) is 0 Å². The first kappa shape index (κ1) is 23.9. The minimum Gasteiger partial charge on any atom is -0.496 e. The Morgan fingerprint density at radius 2 is 1.76 bits per heavy atom. The molecule has 0 saturated heterocycles. The van der Waals surface area contributed by atoms with E-state index in [0.717, 1.165) is 16.7 Å². The third kappa shape index (κ3) is 4.58. The Kier molecular flexibility index (Phi) is 6.26. The Bertz CT molecular complexity index is 1780. The zero-order valence-electron chi connectivity index (χ0n) is 20.0. The molecule has 182 valence electrons. The van der Waals surface area contributed by atoms with Crippen molar-refractivity contribution in [1.29, 1.82) is 5.26 Å². The largest absolute Gasteiger partial charge is 0.496 e. The molecule has 0 radical (unpaired) electrons. The summed E-state index contributed by atoms with van der Waals surface area (Å²) in [5.74, 6) is 0.729. The number of aryl methyl sites for hydroxylation is 1. The molecular formula is C28H21N5O3S. The summed E-state index contributed by atoms with van der Waals surface area (Å²) < 4.78 is 34.1. The maximum atomic E-state index is 12.9. The van der Waals surface area contributed by atoms with Gasteiger partial charge in [-0.05, 0) is 59.8 Å². The standard InChI is InChI=1S/C28H21N5O3S/c1-18-5-3-4-6-22(18)24-15-26(36-2)25(14-20(24)16-29)28-23-8-7-21(13-19(23)9-12-31-28)37(34,35)33-27-10-11-30-17-32-27/h3-15,17H,1-2H3,(H,30,32,33). The van der Waals surface area contributed by atoms with Crippen LogP contribution in [0, 0.1) is 18.3 Å². The zero-order chi connectivity index (χ0) is 26.0. The molecule has 1 N–H and O–H groups in total. The van der Waals surface area contributed by atoms with Gasteiger partial charge in [0.2, 0.25) is 0 Å². The first-order valence-electron chi connectivity index (χ1n) is 11.3. The van der Waals surface area contributed by atoms with E-state index in [4.69, 9.17) is 4.74 Å². The van der Waals surface area contributed by atoms with E-state index in [1.165, 1.54) is 24.7 Å². The van der Waals surface area contributed by atoms with Gasteiger partial charge in [-0.25, -0.2) is 18.4 Å². The predicted molar refractivity (Wildman–Crippen MR) is 141 cm³/mol. The van der Waals surface area contributed by atoms with Crippen LogP contribution in [-0.4, -0.2) is 30.5 Å². The van der Waals surface area contributed by atoms with Crippen molar-refractivity contribution in [2.75, 3.05) is 11.8 Å². The van der Waals surface area contributed by atoms with Gasteiger partial charge in [-0.2, -0.15) is 5.26 Å². The molecule has 0 fully saturated rings. The SMILES string of the molecule is COc1cc(-c2ccccc2C)c(C#N)cc1-c1nccc2cc(S(=O)(=O)Nc3ccncn3)ccc12. The van der Waals surface area contributed by atoms with Crippen molar-refractivity contribution >= 4 is 26.6 Å². The normalized spacial score (nSPS) is 11.2. The molecule has 5 aromatic rings. The Balaban J connectivity index is 1.62. The second-order valence-electron chi connectivity index (χ2n) is 8.27. The van der Waals surface area contributed by atoms with Crippen molar-refractivity contribution in [3.05, 3.63) is 96.6 Å². The third-order valence-corrected chi connectivity index (χ3v) is 7.37. The maximum absolute atomic E-state index is 12.9. The molecule has 3 aromatic carbocycles. The highest BCUT2D eigenvalue weighted by Crippen LogP contribution is 2.39. The van der Waals surface area contributed by atoms with E-state index in [0.29, 0.717) is 33.3 Å². The Hall–Kier alpha value is -4.81. The molecule has 5 rings (SSSR count). The molecule has 8 nitrogen and oxygen atoms in total. The lowest BCUT2D eigenvalue weighted by atomic mass is 9.92. The van der Waals surface area contributed by atoms with E-state index >= 15 is 0 Å². The van der Waals surface area contributed by atoms with Crippen LogP contribution in [-0.2, 0) is 10.0 Å². The molecule has 9 heteroatoms. The number of hydrogen-bond acceptors (Lipinski definition) is 7. The molecular weight excluding hydrogens is 486 g/mol. The second-order valence-corrected chi connectivity index (χ2v) is 9.95. The van der Waals surface area contributed by atoms with Crippen LogP contribution < -0.4 is 9.46 Å². The van der Waals surface area contributed by atoms with Crippen molar-refractivity contribution in [2.45, 2.75) is 11.8 Å². The van der Waals surface area contributed by atoms with Gasteiger partial charge in [-0.15, -0.1) is 0 Å². The lowest BCUT2D eigenvalue weighted by Crippen LogP contribution is -2.13. The van der Waals surface area contributed by atoms with Crippen molar-refractivity contribution < 1.29 is 13.2 Å². The monoisotopic (exact) mass is 507 g/mol. The van der Waals surface area contributed by atoms with E-state index < -0.39 is 10.0 Å². The number of aromatic nitrogens is 3. The lowest BCUT2D eigenvalue weighted by molar-refractivity contribution is 0.416. The molecule has 0 saturated carbocycles. The predicted octanol–water partition coefficient (Wildman–Crippen LogP) is 5.35. The highest BCUT2D eigenvalue weighted by atomic mass is 32.2. The second kappa shape index (κ2) is 9.68. The Morgan fingerprint density at radius 1 is 0.919 bits per heavy atom. The number of nitriles is 1. The van der Waals surface area contributed by atoms with Gasteiger partial charge in [0.25, 0.3) is 10.0 Å². The number of benzene rings is 3. The van der Waals surface area contributed by atoms with Crippen molar-refractivity contribution in [3.8, 4) is 34.2 Å². The first-order chi connectivity index (χ1) is 17.9. The first-order valence-corrected chi connectivity index (χ1v) is 12.8. The number of sulfonamides is 1. The molecule has 0 aliphatic heterocycles. The topological polar surface area (TPSA) is 118 Å². The van der Waals surface area contributed by atoms with E-state index in [-0.39, 0.29) is 10.7 Å². The molecule has 37 heavy (non-hydrogen) atoms. The number of pyridine rings is 1. The third-order valence-electron chi connectivity index (χ3n) is 6.02. The average molecular weight is 508 g/mol. The van der Waals surface area contributed by atoms with Crippen LogP contribution >= 0.6 is 0 Å². The van der Waals surface area contributed by atoms with Crippen LogP contribution in [0.15, 0.2) is 90.3 Å². The van der Waals surface area contributed by atoms with Crippen LogP contribution in [0.3, 0.4) is 0 Å². The molecule has 2 aromatic heterocycles. The minimum absolute atomic E-state index is 0.0790. The summed E-state index contributed by atoms with van der Waals surface area (Å²) in [6, 6.07) is 21.8. The molecule has 0 atom stereocenters. The summed E-state index contributed by atoms with van der Waals surface area (Å²) in [5.41, 5.74) is 4.46. The minimum atomic E-state index is -3.87. The van der Waals surface area contributed by atoms with Gasteiger partial charge in [-0.1, -0.05) is 30.3 Å². The number of hydrogen-bond donors (Lipinski definition) is 1. The number of anilines is 1. The summed E-state index contributed by atoms with van der Waals surface area (Å²) in [4.78, 5) is 12.4. The Labute approximate surface area is 214 Å². The lowest BCUT2D eigenvalue weighted by Gasteiger charge is -2.15. The number of methoxy groups -OCH3 is 1. The van der Waals surface area contributed by atoms with Crippen LogP contribution in [0.2, 0.25) is 0 Å². The summed E-state index contributed by atoms with van der Waals surface area (Å²) in [5, 5.41) is 11.4. The Morgan fingerprint density at radius 3 is 2.49 bits per heavy atom. The van der Waals surface area contributed by atoms with E-state index in [1.54, 1.807) is 37.6 Å². The van der Waals surface area contributed by atoms with Gasteiger partial charge in [0, 0.05) is 28.9 Å². The van der Waals surface area contributed by atoms with Gasteiger partial charge in [0.05, 0.1) is 29.3 Å². The quantitative estimate of drug-likeness (QED) is 0.329. The van der Waals surface area contributed by atoms with Gasteiger partial charge < -0.3 is 4.74 Å². The zero-order valence-corrected chi connectivity index (χ0v) is 20.8. The summed E-state index contributed by atoms with van der Waals surface area (Å²) in [6.45, 7) is 1.99. The fourth-order valence-corrected chi connectivity index (χ4v) is 5.25. The maximum Gasteiger partial charge on any atom is 0.263 e. The summed E-state index contributed by atoms with van der Waals surface area (Å²) >= 11 is 0. The van der Waals surface area contributed by atoms with Crippen molar-refractivity contribution in [2.24, 2.45) is 0 Å². The van der Waals surface area contributed by atoms with Crippen LogP contribution in [0.4, 0.5) is 5.82 Å².